The summed E-state index contributed by atoms with van der Waals surface area (Å²) in [5, 5.41) is 5.98. The highest BCUT2D eigenvalue weighted by atomic mass is 35.5. The van der Waals surface area contributed by atoms with E-state index in [1.54, 1.807) is 9.47 Å². The van der Waals surface area contributed by atoms with E-state index in [1.165, 1.54) is 19.5 Å². The van der Waals surface area contributed by atoms with Gasteiger partial charge in [0.05, 0.1) is 35.9 Å². The molecule has 0 radical (unpaired) electrons. The van der Waals surface area contributed by atoms with E-state index in [0.29, 0.717) is 36.4 Å². The van der Waals surface area contributed by atoms with Crippen molar-refractivity contribution in [1.29, 1.82) is 0 Å². The number of aromatic nitrogens is 4. The number of halogens is 5. The van der Waals surface area contributed by atoms with Gasteiger partial charge in [0.2, 0.25) is 0 Å². The van der Waals surface area contributed by atoms with Gasteiger partial charge in [-0.05, 0) is 18.2 Å². The van der Waals surface area contributed by atoms with E-state index >= 15 is 0 Å². The molecule has 0 aliphatic carbocycles. The molecule has 4 rings (SSSR count). The lowest BCUT2D eigenvalue weighted by Gasteiger charge is -2.31. The maximum absolute atomic E-state index is 13.8. The van der Waals surface area contributed by atoms with Gasteiger partial charge in [-0.3, -0.25) is 4.79 Å². The van der Waals surface area contributed by atoms with Gasteiger partial charge in [-0.15, -0.1) is 0 Å². The van der Waals surface area contributed by atoms with Crippen molar-refractivity contribution < 1.29 is 22.3 Å². The Morgan fingerprint density at radius 1 is 1.26 bits per heavy atom. The van der Waals surface area contributed by atoms with Crippen LogP contribution in [-0.4, -0.2) is 33.4 Å². The summed E-state index contributed by atoms with van der Waals surface area (Å²) in [4.78, 5) is 17.8. The molecule has 1 unspecified atom stereocenters. The maximum atomic E-state index is 13.8. The maximum Gasteiger partial charge on any atom is 0.416 e. The average molecular weight is 458 g/mol. The Labute approximate surface area is 178 Å². The number of anilines is 1. The Morgan fingerprint density at radius 3 is 2.74 bits per heavy atom. The standard InChI is InChI=1S/C19H16ClF4N5O2/c1-31-17(11-6-10(21)2-3-12(11)19(22,23)24)14-7-25-15-9-28(4-5-29(14)15)13-8-26-27-18(30)16(13)20/h2-3,6-8,17H,4-5,9H2,1H3,(H,27,30). The van der Waals surface area contributed by atoms with Crippen molar-refractivity contribution in [2.75, 3.05) is 18.6 Å². The molecule has 1 atom stereocenters. The fraction of sp³-hybridized carbons (Fsp3) is 0.316. The van der Waals surface area contributed by atoms with Gasteiger partial charge in [-0.1, -0.05) is 11.6 Å². The van der Waals surface area contributed by atoms with Crippen molar-refractivity contribution in [1.82, 2.24) is 19.7 Å². The lowest BCUT2D eigenvalue weighted by atomic mass is 9.99. The van der Waals surface area contributed by atoms with Crippen LogP contribution in [0.5, 0.6) is 0 Å². The van der Waals surface area contributed by atoms with Gasteiger partial charge in [-0.2, -0.15) is 18.3 Å². The molecule has 164 valence electrons. The lowest BCUT2D eigenvalue weighted by molar-refractivity contribution is -0.139. The third kappa shape index (κ3) is 3.90. The Morgan fingerprint density at radius 2 is 2.03 bits per heavy atom. The van der Waals surface area contributed by atoms with Crippen LogP contribution in [0.1, 0.15) is 28.7 Å². The summed E-state index contributed by atoms with van der Waals surface area (Å²) in [6, 6.07) is 2.30. The molecule has 0 amide bonds. The highest BCUT2D eigenvalue weighted by Gasteiger charge is 2.37. The van der Waals surface area contributed by atoms with Gasteiger partial charge < -0.3 is 14.2 Å². The van der Waals surface area contributed by atoms with Crippen LogP contribution in [-0.2, 0) is 24.0 Å². The molecule has 0 fully saturated rings. The summed E-state index contributed by atoms with van der Waals surface area (Å²) < 4.78 is 61.5. The second-order valence-corrected chi connectivity index (χ2v) is 7.29. The summed E-state index contributed by atoms with van der Waals surface area (Å²) in [7, 11) is 1.26. The summed E-state index contributed by atoms with van der Waals surface area (Å²) in [6.45, 7) is 0.980. The summed E-state index contributed by atoms with van der Waals surface area (Å²) in [5.41, 5.74) is -1.05. The number of hydrogen-bond donors (Lipinski definition) is 1. The minimum Gasteiger partial charge on any atom is -0.370 e. The van der Waals surface area contributed by atoms with Crippen molar-refractivity contribution in [3.63, 3.8) is 0 Å². The van der Waals surface area contributed by atoms with Crippen LogP contribution >= 0.6 is 11.6 Å². The van der Waals surface area contributed by atoms with Crippen molar-refractivity contribution in [2.24, 2.45) is 0 Å². The van der Waals surface area contributed by atoms with Crippen molar-refractivity contribution >= 4 is 17.3 Å². The van der Waals surface area contributed by atoms with Crippen LogP contribution in [0.25, 0.3) is 0 Å². The van der Waals surface area contributed by atoms with Crippen LogP contribution in [0.4, 0.5) is 23.2 Å². The number of nitrogens with one attached hydrogen (secondary N) is 1. The minimum atomic E-state index is -4.68. The van der Waals surface area contributed by atoms with Gasteiger partial charge in [0.1, 0.15) is 22.8 Å². The van der Waals surface area contributed by atoms with Crippen LogP contribution in [0, 0.1) is 5.82 Å². The normalized spacial score (nSPS) is 15.1. The summed E-state index contributed by atoms with van der Waals surface area (Å²) >= 11 is 6.07. The molecule has 3 aromatic rings. The summed E-state index contributed by atoms with van der Waals surface area (Å²) in [6.07, 6.45) is -3.02. The molecule has 3 heterocycles. The molecular weight excluding hydrogens is 442 g/mol. The molecule has 31 heavy (non-hydrogen) atoms. The number of benzene rings is 1. The van der Waals surface area contributed by atoms with Crippen molar-refractivity contribution in [3.05, 3.63) is 74.4 Å². The zero-order valence-electron chi connectivity index (χ0n) is 16.1. The second-order valence-electron chi connectivity index (χ2n) is 6.92. The number of H-pyrrole nitrogens is 1. The number of aromatic amines is 1. The number of fused-ring (bicyclic) bond motifs is 1. The number of alkyl halides is 3. The molecule has 1 aromatic carbocycles. The van der Waals surface area contributed by atoms with Crippen molar-refractivity contribution in [3.8, 4) is 0 Å². The van der Waals surface area contributed by atoms with Gasteiger partial charge >= 0.3 is 6.18 Å². The Kier molecular flexibility index (Phi) is 5.48. The fourth-order valence-corrected chi connectivity index (χ4v) is 3.92. The van der Waals surface area contributed by atoms with Gasteiger partial charge in [0.25, 0.3) is 5.56 Å². The van der Waals surface area contributed by atoms with E-state index in [-0.39, 0.29) is 17.1 Å². The predicted molar refractivity (Wildman–Crippen MR) is 103 cm³/mol. The highest BCUT2D eigenvalue weighted by Crippen LogP contribution is 2.39. The quantitative estimate of drug-likeness (QED) is 0.607. The first-order chi connectivity index (χ1) is 14.7. The van der Waals surface area contributed by atoms with Crippen LogP contribution in [0.15, 0.2) is 35.4 Å². The first-order valence-electron chi connectivity index (χ1n) is 9.12. The van der Waals surface area contributed by atoms with Crippen LogP contribution in [0.2, 0.25) is 5.02 Å². The number of rotatable bonds is 4. The third-order valence-electron chi connectivity index (χ3n) is 5.12. The first kappa shape index (κ1) is 21.3. The molecule has 12 heteroatoms. The molecule has 2 aromatic heterocycles. The zero-order valence-corrected chi connectivity index (χ0v) is 16.8. The van der Waals surface area contributed by atoms with Gasteiger partial charge in [0.15, 0.2) is 0 Å². The number of ether oxygens (including phenoxy) is 1. The van der Waals surface area contributed by atoms with E-state index in [4.69, 9.17) is 16.3 Å². The number of hydrogen-bond acceptors (Lipinski definition) is 5. The topological polar surface area (TPSA) is 76.0 Å². The zero-order chi connectivity index (χ0) is 22.3. The molecule has 1 aliphatic heterocycles. The molecule has 1 aliphatic rings. The van der Waals surface area contributed by atoms with E-state index in [1.807, 2.05) is 0 Å². The number of nitrogens with zero attached hydrogens (tertiary/aromatic N) is 4. The highest BCUT2D eigenvalue weighted by molar-refractivity contribution is 6.32. The molecule has 0 saturated carbocycles. The molecule has 0 saturated heterocycles. The average Bonchev–Trinajstić information content (AvgIpc) is 3.13. The fourth-order valence-electron chi connectivity index (χ4n) is 3.71. The molecule has 0 spiro atoms. The van der Waals surface area contributed by atoms with E-state index < -0.39 is 29.2 Å². The minimum absolute atomic E-state index is 0.0143. The van der Waals surface area contributed by atoms with E-state index in [9.17, 15) is 22.4 Å². The van der Waals surface area contributed by atoms with Crippen molar-refractivity contribution in [2.45, 2.75) is 25.4 Å². The molecule has 7 nitrogen and oxygen atoms in total. The van der Waals surface area contributed by atoms with Crippen LogP contribution in [0.3, 0.4) is 0 Å². The SMILES string of the molecule is COC(c1cc(F)ccc1C(F)(F)F)c1cnc2n1CCN(c1cn[nH]c(=O)c1Cl)C2. The second kappa shape index (κ2) is 7.97. The smallest absolute Gasteiger partial charge is 0.370 e. The van der Waals surface area contributed by atoms with E-state index in [2.05, 4.69) is 15.2 Å². The number of methoxy groups -OCH3 is 1. The van der Waals surface area contributed by atoms with E-state index in [0.717, 1.165) is 12.1 Å². The molecule has 1 N–H and O–H groups in total. The third-order valence-corrected chi connectivity index (χ3v) is 5.48. The van der Waals surface area contributed by atoms with Crippen LogP contribution < -0.4 is 10.5 Å². The van der Waals surface area contributed by atoms with Gasteiger partial charge in [0, 0.05) is 25.8 Å². The number of imidazole rings is 1. The summed E-state index contributed by atoms with van der Waals surface area (Å²) in [5.74, 6) is -0.268. The Balaban J connectivity index is 1.71. The monoisotopic (exact) mass is 457 g/mol. The molecular formula is C19H16ClF4N5O2. The first-order valence-corrected chi connectivity index (χ1v) is 9.50. The molecule has 0 bridgehead atoms. The largest absolute Gasteiger partial charge is 0.416 e. The Hall–Kier alpha value is -2.92. The Bertz CT molecular complexity index is 1180. The predicted octanol–water partition coefficient (Wildman–Crippen LogP) is 3.53. The van der Waals surface area contributed by atoms with Gasteiger partial charge in [-0.25, -0.2) is 14.5 Å². The lowest BCUT2D eigenvalue weighted by Crippen LogP contribution is -2.36.